The zero-order valence-corrected chi connectivity index (χ0v) is 13.9. The highest BCUT2D eigenvalue weighted by Gasteiger charge is 2.25. The summed E-state index contributed by atoms with van der Waals surface area (Å²) in [7, 11) is 4.49. The van der Waals surface area contributed by atoms with Gasteiger partial charge in [-0.25, -0.2) is 0 Å². The van der Waals surface area contributed by atoms with E-state index in [9.17, 15) is 0 Å². The quantitative estimate of drug-likeness (QED) is 0.673. The lowest BCUT2D eigenvalue weighted by atomic mass is 9.78. The Kier molecular flexibility index (Phi) is 4.87. The molecule has 1 aromatic carbocycles. The molecule has 1 heteroatoms. The van der Waals surface area contributed by atoms with Crippen molar-refractivity contribution in [2.75, 3.05) is 19.0 Å². The van der Waals surface area contributed by atoms with Crippen molar-refractivity contribution in [3.8, 4) is 0 Å². The highest BCUT2D eigenvalue weighted by atomic mass is 15.1. The molecule has 21 heavy (non-hydrogen) atoms. The molecule has 0 spiro atoms. The van der Waals surface area contributed by atoms with Crippen LogP contribution in [0.5, 0.6) is 0 Å². The van der Waals surface area contributed by atoms with E-state index in [1.54, 1.807) is 16.8 Å². The first-order valence-corrected chi connectivity index (χ1v) is 9.07. The summed E-state index contributed by atoms with van der Waals surface area (Å²) in [6, 6.07) is 7.16. The summed E-state index contributed by atoms with van der Waals surface area (Å²) in [5, 5.41) is 0. The van der Waals surface area contributed by atoms with Crippen molar-refractivity contribution >= 4 is 5.69 Å². The molecule has 1 aromatic rings. The third-order valence-electron chi connectivity index (χ3n) is 5.64. The lowest BCUT2D eigenvalue weighted by Gasteiger charge is -2.32. The standard InChI is InChI=1S/C20H31N/c1-21(2)20-18(16-10-5-3-6-11-16)14-9-15-19(20)17-12-7-4-8-13-17/h9,14-17H,3-8,10-13H2,1-2H3. The van der Waals surface area contributed by atoms with Crippen molar-refractivity contribution in [1.29, 1.82) is 0 Å². The maximum absolute atomic E-state index is 2.41. The molecule has 0 heterocycles. The van der Waals surface area contributed by atoms with Crippen molar-refractivity contribution in [2.24, 2.45) is 0 Å². The van der Waals surface area contributed by atoms with E-state index >= 15 is 0 Å². The third-order valence-corrected chi connectivity index (χ3v) is 5.64. The van der Waals surface area contributed by atoms with Crippen LogP contribution >= 0.6 is 0 Å². The first-order valence-electron chi connectivity index (χ1n) is 9.07. The van der Waals surface area contributed by atoms with Gasteiger partial charge in [0.2, 0.25) is 0 Å². The summed E-state index contributed by atoms with van der Waals surface area (Å²) >= 11 is 0. The molecule has 0 atom stereocenters. The van der Waals surface area contributed by atoms with E-state index in [1.807, 2.05) is 0 Å². The van der Waals surface area contributed by atoms with Crippen LogP contribution in [-0.2, 0) is 0 Å². The van der Waals surface area contributed by atoms with E-state index < -0.39 is 0 Å². The van der Waals surface area contributed by atoms with Crippen LogP contribution in [0.25, 0.3) is 0 Å². The lowest BCUT2D eigenvalue weighted by Crippen LogP contribution is -2.19. The van der Waals surface area contributed by atoms with Gasteiger partial charge >= 0.3 is 0 Å². The first-order chi connectivity index (χ1) is 10.3. The second-order valence-electron chi connectivity index (χ2n) is 7.35. The van der Waals surface area contributed by atoms with Gasteiger partial charge in [0, 0.05) is 19.8 Å². The Labute approximate surface area is 130 Å². The maximum atomic E-state index is 2.41. The molecule has 0 aromatic heterocycles. The predicted molar refractivity (Wildman–Crippen MR) is 92.4 cm³/mol. The molecule has 2 fully saturated rings. The minimum absolute atomic E-state index is 0.805. The molecule has 2 aliphatic rings. The molecule has 2 aliphatic carbocycles. The van der Waals surface area contributed by atoms with Gasteiger partial charge in [0.25, 0.3) is 0 Å². The van der Waals surface area contributed by atoms with Crippen molar-refractivity contribution < 1.29 is 0 Å². The van der Waals surface area contributed by atoms with Crippen molar-refractivity contribution in [1.82, 2.24) is 0 Å². The number of hydrogen-bond donors (Lipinski definition) is 0. The second kappa shape index (κ2) is 6.85. The van der Waals surface area contributed by atoms with Crippen LogP contribution in [0, 0.1) is 0 Å². The Hall–Kier alpha value is -0.980. The molecule has 0 aliphatic heterocycles. The van der Waals surface area contributed by atoms with Crippen LogP contribution in [0.15, 0.2) is 18.2 Å². The maximum Gasteiger partial charge on any atom is 0.0431 e. The summed E-state index contributed by atoms with van der Waals surface area (Å²) in [6.07, 6.45) is 14.2. The summed E-state index contributed by atoms with van der Waals surface area (Å²) in [4.78, 5) is 2.40. The zero-order valence-electron chi connectivity index (χ0n) is 13.9. The van der Waals surface area contributed by atoms with Gasteiger partial charge in [0.15, 0.2) is 0 Å². The van der Waals surface area contributed by atoms with E-state index in [2.05, 4.69) is 37.2 Å². The zero-order chi connectivity index (χ0) is 14.7. The van der Waals surface area contributed by atoms with Crippen molar-refractivity contribution in [3.63, 3.8) is 0 Å². The van der Waals surface area contributed by atoms with Gasteiger partial charge < -0.3 is 4.90 Å². The molecule has 116 valence electrons. The topological polar surface area (TPSA) is 3.24 Å². The molecular formula is C20H31N. The van der Waals surface area contributed by atoms with Gasteiger partial charge in [-0.1, -0.05) is 56.7 Å². The van der Waals surface area contributed by atoms with Crippen LogP contribution in [0.4, 0.5) is 5.69 Å². The predicted octanol–water partition coefficient (Wildman–Crippen LogP) is 5.85. The van der Waals surface area contributed by atoms with Crippen LogP contribution < -0.4 is 4.90 Å². The average Bonchev–Trinajstić information content (AvgIpc) is 2.55. The molecular weight excluding hydrogens is 254 g/mol. The van der Waals surface area contributed by atoms with Gasteiger partial charge in [-0.15, -0.1) is 0 Å². The summed E-state index contributed by atoms with van der Waals surface area (Å²) in [5.41, 5.74) is 4.85. The van der Waals surface area contributed by atoms with E-state index in [1.165, 1.54) is 64.2 Å². The molecule has 0 bridgehead atoms. The summed E-state index contributed by atoms with van der Waals surface area (Å²) in [6.45, 7) is 0. The molecule has 1 nitrogen and oxygen atoms in total. The second-order valence-corrected chi connectivity index (χ2v) is 7.35. The minimum Gasteiger partial charge on any atom is -0.377 e. The molecule has 2 saturated carbocycles. The van der Waals surface area contributed by atoms with Gasteiger partial charge in [-0.2, -0.15) is 0 Å². The Morgan fingerprint density at radius 3 is 1.52 bits per heavy atom. The Balaban J connectivity index is 1.95. The van der Waals surface area contributed by atoms with Crippen molar-refractivity contribution in [2.45, 2.75) is 76.0 Å². The number of para-hydroxylation sites is 1. The fraction of sp³-hybridized carbons (Fsp3) is 0.700. The normalized spacial score (nSPS) is 21.4. The number of rotatable bonds is 3. The number of hydrogen-bond acceptors (Lipinski definition) is 1. The Bertz CT molecular complexity index is 415. The monoisotopic (exact) mass is 285 g/mol. The molecule has 3 rings (SSSR count). The van der Waals surface area contributed by atoms with Crippen LogP contribution in [0.1, 0.15) is 87.2 Å². The van der Waals surface area contributed by atoms with Gasteiger partial charge in [-0.3, -0.25) is 0 Å². The fourth-order valence-corrected chi connectivity index (χ4v) is 4.58. The fourth-order valence-electron chi connectivity index (χ4n) is 4.58. The van der Waals surface area contributed by atoms with E-state index in [0.29, 0.717) is 0 Å². The number of benzene rings is 1. The van der Waals surface area contributed by atoms with Crippen LogP contribution in [0.2, 0.25) is 0 Å². The summed E-state index contributed by atoms with van der Waals surface area (Å²) < 4.78 is 0. The smallest absolute Gasteiger partial charge is 0.0431 e. The lowest BCUT2D eigenvalue weighted by molar-refractivity contribution is 0.436. The molecule has 0 unspecified atom stereocenters. The SMILES string of the molecule is CN(C)c1c(C2CCCCC2)cccc1C1CCCCC1. The molecule has 0 N–H and O–H groups in total. The van der Waals surface area contributed by atoms with E-state index in [4.69, 9.17) is 0 Å². The molecule has 0 saturated heterocycles. The largest absolute Gasteiger partial charge is 0.377 e. The van der Waals surface area contributed by atoms with Gasteiger partial charge in [0.05, 0.1) is 0 Å². The van der Waals surface area contributed by atoms with Crippen molar-refractivity contribution in [3.05, 3.63) is 29.3 Å². The average molecular weight is 285 g/mol. The minimum atomic E-state index is 0.805. The molecule has 0 amide bonds. The Morgan fingerprint density at radius 1 is 0.714 bits per heavy atom. The number of anilines is 1. The first kappa shape index (κ1) is 14.9. The van der Waals surface area contributed by atoms with Crippen LogP contribution in [0.3, 0.4) is 0 Å². The highest BCUT2D eigenvalue weighted by Crippen LogP contribution is 2.43. The summed E-state index contributed by atoms with van der Waals surface area (Å²) in [5.74, 6) is 1.61. The number of nitrogens with zero attached hydrogens (tertiary/aromatic N) is 1. The van der Waals surface area contributed by atoms with Gasteiger partial charge in [0.1, 0.15) is 0 Å². The van der Waals surface area contributed by atoms with E-state index in [-0.39, 0.29) is 0 Å². The van der Waals surface area contributed by atoms with Crippen LogP contribution in [-0.4, -0.2) is 14.1 Å². The Morgan fingerprint density at radius 2 is 1.14 bits per heavy atom. The third kappa shape index (κ3) is 3.27. The molecule has 0 radical (unpaired) electrons. The van der Waals surface area contributed by atoms with Gasteiger partial charge in [-0.05, 0) is 48.6 Å². The van der Waals surface area contributed by atoms with E-state index in [0.717, 1.165) is 11.8 Å². The highest BCUT2D eigenvalue weighted by molar-refractivity contribution is 5.61.